The first kappa shape index (κ1) is 32.3. The molecule has 3 aromatic carbocycles. The minimum Gasteiger partial charge on any atom is -0.491 e. The number of hydrogen-bond acceptors (Lipinski definition) is 5. The molecule has 1 heterocycles. The second kappa shape index (κ2) is 15.7. The SMILES string of the molecule is CC(C)[C@@H]1COc2ccccc2C(=O)N[C@H](C(=O)NCCc2ccccc2)CCC(=O)N(C)[C@@H](Cc2ccccc2)C(=O)N1. The highest BCUT2D eigenvalue weighted by Crippen LogP contribution is 2.20. The Morgan fingerprint density at radius 2 is 1.55 bits per heavy atom. The maximum absolute atomic E-state index is 13.7. The van der Waals surface area contributed by atoms with Gasteiger partial charge in [-0.1, -0.05) is 86.6 Å². The Balaban J connectivity index is 1.60. The number of rotatable bonds is 7. The van der Waals surface area contributed by atoms with E-state index in [9.17, 15) is 19.2 Å². The molecule has 232 valence electrons. The van der Waals surface area contributed by atoms with Crippen molar-refractivity contribution in [1.82, 2.24) is 20.9 Å². The molecule has 0 saturated carbocycles. The summed E-state index contributed by atoms with van der Waals surface area (Å²) in [5.74, 6) is -1.10. The summed E-state index contributed by atoms with van der Waals surface area (Å²) in [7, 11) is 1.61. The Morgan fingerprint density at radius 3 is 2.23 bits per heavy atom. The fourth-order valence-corrected chi connectivity index (χ4v) is 5.10. The van der Waals surface area contributed by atoms with E-state index in [1.165, 1.54) is 4.90 Å². The zero-order valence-corrected chi connectivity index (χ0v) is 25.6. The highest BCUT2D eigenvalue weighted by molar-refractivity contribution is 5.99. The molecule has 0 unspecified atom stereocenters. The van der Waals surface area contributed by atoms with Crippen LogP contribution in [-0.2, 0) is 27.2 Å². The van der Waals surface area contributed by atoms with Crippen LogP contribution in [-0.4, -0.2) is 66.9 Å². The molecule has 3 N–H and O–H groups in total. The second-order valence-corrected chi connectivity index (χ2v) is 11.5. The summed E-state index contributed by atoms with van der Waals surface area (Å²) < 4.78 is 6.11. The van der Waals surface area contributed by atoms with E-state index in [4.69, 9.17) is 4.74 Å². The Labute approximate surface area is 259 Å². The van der Waals surface area contributed by atoms with Gasteiger partial charge in [0.2, 0.25) is 17.7 Å². The van der Waals surface area contributed by atoms with Crippen molar-refractivity contribution < 1.29 is 23.9 Å². The smallest absolute Gasteiger partial charge is 0.255 e. The van der Waals surface area contributed by atoms with Crippen LogP contribution in [0.5, 0.6) is 5.75 Å². The van der Waals surface area contributed by atoms with Crippen LogP contribution in [0, 0.1) is 5.92 Å². The van der Waals surface area contributed by atoms with Crippen molar-refractivity contribution >= 4 is 23.6 Å². The number of ether oxygens (including phenoxy) is 1. The van der Waals surface area contributed by atoms with Gasteiger partial charge in [-0.3, -0.25) is 19.2 Å². The third-order valence-corrected chi connectivity index (χ3v) is 7.94. The van der Waals surface area contributed by atoms with Gasteiger partial charge in [-0.25, -0.2) is 0 Å². The Kier molecular flexibility index (Phi) is 11.5. The van der Waals surface area contributed by atoms with E-state index in [0.717, 1.165) is 11.1 Å². The number of benzene rings is 3. The Hall–Kier alpha value is -4.66. The van der Waals surface area contributed by atoms with Crippen molar-refractivity contribution in [2.75, 3.05) is 20.2 Å². The highest BCUT2D eigenvalue weighted by atomic mass is 16.5. The number of amides is 4. The van der Waals surface area contributed by atoms with Gasteiger partial charge >= 0.3 is 0 Å². The number of hydrogen-bond donors (Lipinski definition) is 3. The van der Waals surface area contributed by atoms with Crippen molar-refractivity contribution in [2.45, 2.75) is 57.7 Å². The fraction of sp³-hybridized carbons (Fsp3) is 0.371. The molecule has 4 amide bonds. The average Bonchev–Trinajstić information content (AvgIpc) is 3.03. The van der Waals surface area contributed by atoms with Crippen LogP contribution in [0.2, 0.25) is 0 Å². The topological polar surface area (TPSA) is 117 Å². The highest BCUT2D eigenvalue weighted by Gasteiger charge is 2.32. The van der Waals surface area contributed by atoms with E-state index in [1.807, 2.05) is 74.5 Å². The summed E-state index contributed by atoms with van der Waals surface area (Å²) >= 11 is 0. The van der Waals surface area contributed by atoms with Crippen LogP contribution in [0.15, 0.2) is 84.9 Å². The zero-order valence-electron chi connectivity index (χ0n) is 25.6. The Bertz CT molecular complexity index is 1410. The normalized spacial score (nSPS) is 20.0. The van der Waals surface area contributed by atoms with Crippen LogP contribution in [0.3, 0.4) is 0 Å². The van der Waals surface area contributed by atoms with Crippen LogP contribution in [0.1, 0.15) is 48.2 Å². The van der Waals surface area contributed by atoms with Crippen molar-refractivity contribution in [1.29, 1.82) is 0 Å². The van der Waals surface area contributed by atoms with Gasteiger partial charge in [0.25, 0.3) is 5.91 Å². The van der Waals surface area contributed by atoms with E-state index >= 15 is 0 Å². The quantitative estimate of drug-likeness (QED) is 0.385. The van der Waals surface area contributed by atoms with Gasteiger partial charge in [0, 0.05) is 26.4 Å². The molecule has 1 aliphatic rings. The molecule has 44 heavy (non-hydrogen) atoms. The number of nitrogens with one attached hydrogen (secondary N) is 3. The molecule has 0 spiro atoms. The monoisotopic (exact) mass is 598 g/mol. The molecule has 9 nitrogen and oxygen atoms in total. The third-order valence-electron chi connectivity index (χ3n) is 7.94. The number of para-hydroxylation sites is 1. The van der Waals surface area contributed by atoms with Crippen molar-refractivity contribution in [3.8, 4) is 5.75 Å². The predicted molar refractivity (Wildman–Crippen MR) is 169 cm³/mol. The van der Waals surface area contributed by atoms with Crippen molar-refractivity contribution in [3.63, 3.8) is 0 Å². The molecule has 0 radical (unpaired) electrons. The maximum atomic E-state index is 13.7. The summed E-state index contributed by atoms with van der Waals surface area (Å²) in [4.78, 5) is 55.6. The van der Waals surface area contributed by atoms with Crippen molar-refractivity contribution in [2.24, 2.45) is 5.92 Å². The average molecular weight is 599 g/mol. The molecular weight excluding hydrogens is 556 g/mol. The van der Waals surface area contributed by atoms with Gasteiger partial charge < -0.3 is 25.6 Å². The molecule has 1 aliphatic heterocycles. The molecule has 0 aromatic heterocycles. The van der Waals surface area contributed by atoms with E-state index in [1.54, 1.807) is 31.3 Å². The third kappa shape index (κ3) is 8.92. The van der Waals surface area contributed by atoms with Crippen molar-refractivity contribution in [3.05, 3.63) is 102 Å². The molecule has 3 atom stereocenters. The molecule has 0 aliphatic carbocycles. The molecule has 0 fully saturated rings. The van der Waals surface area contributed by atoms with E-state index in [-0.39, 0.29) is 54.7 Å². The standard InChI is InChI=1S/C35H42N4O5/c1-24(2)29-23-44-31-17-11-10-16-27(31)33(41)37-28(34(42)36-21-20-25-12-6-4-7-13-25)18-19-32(40)39(3)30(35(43)38-29)22-26-14-8-5-9-15-26/h4-17,24,28-30H,18-23H2,1-3H3,(H,36,42)(H,37,41)(H,38,43)/t28-,29-,30-/m0/s1. The second-order valence-electron chi connectivity index (χ2n) is 11.5. The largest absolute Gasteiger partial charge is 0.491 e. The molecule has 4 rings (SSSR count). The van der Waals surface area contributed by atoms with Gasteiger partial charge in [0.05, 0.1) is 11.6 Å². The molecule has 9 heteroatoms. The van der Waals surface area contributed by atoms with E-state index in [0.29, 0.717) is 25.1 Å². The van der Waals surface area contributed by atoms with Gasteiger partial charge in [0.1, 0.15) is 24.4 Å². The lowest BCUT2D eigenvalue weighted by Gasteiger charge is -2.31. The summed E-state index contributed by atoms with van der Waals surface area (Å²) in [6.45, 7) is 4.44. The van der Waals surface area contributed by atoms with Gasteiger partial charge in [-0.2, -0.15) is 0 Å². The fourth-order valence-electron chi connectivity index (χ4n) is 5.10. The Morgan fingerprint density at radius 1 is 0.909 bits per heavy atom. The molecular formula is C35H42N4O5. The minimum atomic E-state index is -0.974. The van der Waals surface area contributed by atoms with E-state index < -0.39 is 18.0 Å². The van der Waals surface area contributed by atoms with Crippen LogP contribution in [0.4, 0.5) is 0 Å². The molecule has 3 aromatic rings. The number of fused-ring (bicyclic) bond motifs is 1. The summed E-state index contributed by atoms with van der Waals surface area (Å²) in [6, 6.07) is 24.0. The number of carbonyl (C=O) groups excluding carboxylic acids is 4. The minimum absolute atomic E-state index is 0.0120. The van der Waals surface area contributed by atoms with Gasteiger partial charge in [-0.15, -0.1) is 0 Å². The lowest BCUT2D eigenvalue weighted by Crippen LogP contribution is -2.53. The lowest BCUT2D eigenvalue weighted by atomic mass is 10.0. The van der Waals surface area contributed by atoms with Crippen LogP contribution in [0.25, 0.3) is 0 Å². The first-order valence-electron chi connectivity index (χ1n) is 15.2. The van der Waals surface area contributed by atoms with Crippen LogP contribution >= 0.6 is 0 Å². The van der Waals surface area contributed by atoms with Crippen LogP contribution < -0.4 is 20.7 Å². The van der Waals surface area contributed by atoms with E-state index in [2.05, 4.69) is 16.0 Å². The predicted octanol–water partition coefficient (Wildman–Crippen LogP) is 3.53. The number of carbonyl (C=O) groups is 4. The molecule has 0 saturated heterocycles. The summed E-state index contributed by atoms with van der Waals surface area (Å²) in [5.41, 5.74) is 2.26. The number of likely N-dealkylation sites (N-methyl/N-ethyl adjacent to an activating group) is 1. The first-order valence-corrected chi connectivity index (χ1v) is 15.2. The zero-order chi connectivity index (χ0) is 31.5. The number of nitrogens with zero attached hydrogens (tertiary/aromatic N) is 1. The lowest BCUT2D eigenvalue weighted by molar-refractivity contribution is -0.139. The maximum Gasteiger partial charge on any atom is 0.255 e. The van der Waals surface area contributed by atoms with Gasteiger partial charge in [-0.05, 0) is 42.0 Å². The summed E-state index contributed by atoms with van der Waals surface area (Å²) in [5, 5.41) is 8.84. The first-order chi connectivity index (χ1) is 21.2. The molecule has 0 bridgehead atoms. The van der Waals surface area contributed by atoms with Gasteiger partial charge in [0.15, 0.2) is 0 Å². The summed E-state index contributed by atoms with van der Waals surface area (Å²) in [6.07, 6.45) is 0.962.